The van der Waals surface area contributed by atoms with Crippen LogP contribution >= 0.6 is 39.0 Å². The quantitative estimate of drug-likeness (QED) is 0.235. The Hall–Kier alpha value is -3.33. The first-order chi connectivity index (χ1) is 19.2. The lowest BCUT2D eigenvalue weighted by Gasteiger charge is -2.31. The number of ether oxygens (including phenoxy) is 1. The Labute approximate surface area is 244 Å². The number of amides is 3. The molecule has 14 heteroatoms. The minimum atomic E-state index is -0.849. The lowest BCUT2D eigenvalue weighted by atomic mass is 9.83. The molecule has 0 bridgehead atoms. The molecule has 0 radical (unpaired) electrons. The molecular formula is C26H21BrN4O7S2. The number of nitro groups is 1. The number of hydrogen-bond acceptors (Lipinski definition) is 9. The standard InChI is InChI=1S/C26H21BrN4O7S2/c27-15-3-1-2-14(12-15)19-20-21(24(34)30(23(20)33)16-4-6-17(7-5-16)31(36)37)39-25-22(19)40-26(35)29(25)13-18(32)28-8-10-38-11-9-28/h1-7,12,19-21H,8-11,13H2/t19-,20?,21?/m1/s1. The molecule has 3 amide bonds. The monoisotopic (exact) mass is 644 g/mol. The molecule has 3 aromatic rings. The van der Waals surface area contributed by atoms with E-state index in [2.05, 4.69) is 15.9 Å². The molecule has 1 aromatic heterocycles. The Kier molecular flexibility index (Phi) is 7.10. The van der Waals surface area contributed by atoms with E-state index in [-0.39, 0.29) is 28.7 Å². The molecule has 0 saturated carbocycles. The fraction of sp³-hybridized carbons (Fsp3) is 0.308. The number of anilines is 1. The van der Waals surface area contributed by atoms with Crippen LogP contribution in [-0.4, -0.2) is 63.7 Å². The summed E-state index contributed by atoms with van der Waals surface area (Å²) in [4.78, 5) is 67.6. The zero-order valence-electron chi connectivity index (χ0n) is 20.7. The van der Waals surface area contributed by atoms with Gasteiger partial charge in [-0.25, -0.2) is 4.90 Å². The number of non-ortho nitro benzene ring substituents is 1. The molecule has 3 aliphatic rings. The fourth-order valence-corrected chi connectivity index (χ4v) is 8.53. The number of benzene rings is 2. The topological polar surface area (TPSA) is 132 Å². The number of rotatable bonds is 5. The zero-order valence-corrected chi connectivity index (χ0v) is 23.9. The van der Waals surface area contributed by atoms with E-state index in [1.165, 1.54) is 28.8 Å². The number of halogens is 1. The van der Waals surface area contributed by atoms with Gasteiger partial charge in [-0.1, -0.05) is 51.2 Å². The molecule has 6 rings (SSSR count). The second-order valence-corrected chi connectivity index (χ2v) is 12.5. The average Bonchev–Trinajstić information content (AvgIpc) is 3.39. The van der Waals surface area contributed by atoms with Crippen LogP contribution in [0.5, 0.6) is 0 Å². The van der Waals surface area contributed by atoms with Gasteiger partial charge in [0.05, 0.1) is 34.8 Å². The van der Waals surface area contributed by atoms with Crippen molar-refractivity contribution in [2.75, 3.05) is 31.2 Å². The second-order valence-electron chi connectivity index (χ2n) is 9.50. The number of nitro benzene ring substituents is 1. The first-order valence-electron chi connectivity index (χ1n) is 12.4. The third-order valence-electron chi connectivity index (χ3n) is 7.23. The Morgan fingerprint density at radius 3 is 2.48 bits per heavy atom. The fourth-order valence-electron chi connectivity index (χ4n) is 5.34. The minimum Gasteiger partial charge on any atom is -0.378 e. The number of morpholine rings is 1. The van der Waals surface area contributed by atoms with Crippen molar-refractivity contribution in [2.45, 2.75) is 22.7 Å². The van der Waals surface area contributed by atoms with Crippen LogP contribution in [0.15, 0.2) is 62.8 Å². The summed E-state index contributed by atoms with van der Waals surface area (Å²) in [6.45, 7) is 1.57. The van der Waals surface area contributed by atoms with E-state index in [0.717, 1.165) is 38.0 Å². The Balaban J connectivity index is 1.42. The molecule has 3 atom stereocenters. The highest BCUT2D eigenvalue weighted by Crippen LogP contribution is 2.54. The van der Waals surface area contributed by atoms with E-state index in [0.29, 0.717) is 36.2 Å². The summed E-state index contributed by atoms with van der Waals surface area (Å²) in [5.74, 6) is -2.53. The summed E-state index contributed by atoms with van der Waals surface area (Å²) in [6, 6.07) is 12.7. The number of imide groups is 1. The van der Waals surface area contributed by atoms with Gasteiger partial charge in [-0.15, -0.1) is 0 Å². The van der Waals surface area contributed by atoms with E-state index in [1.807, 2.05) is 24.3 Å². The lowest BCUT2D eigenvalue weighted by Crippen LogP contribution is -2.43. The SMILES string of the molecule is O=C(Cn1c2c(sc1=O)[C@H](c1cccc(Br)c1)C1C(=O)N(c3ccc([N+](=O)[O-])cc3)C(=O)C1S2)N1CCOCC1. The van der Waals surface area contributed by atoms with Crippen molar-refractivity contribution in [1.82, 2.24) is 9.47 Å². The number of nitrogens with zero attached hydrogens (tertiary/aromatic N) is 4. The van der Waals surface area contributed by atoms with Crippen LogP contribution in [-0.2, 0) is 25.7 Å². The Morgan fingerprint density at radius 2 is 1.80 bits per heavy atom. The van der Waals surface area contributed by atoms with Crippen LogP contribution in [0, 0.1) is 16.0 Å². The largest absolute Gasteiger partial charge is 0.378 e. The van der Waals surface area contributed by atoms with Crippen molar-refractivity contribution in [2.24, 2.45) is 5.92 Å². The number of carbonyl (C=O) groups excluding carboxylic acids is 3. The molecule has 2 aromatic carbocycles. The van der Waals surface area contributed by atoms with Gasteiger partial charge in [-0.05, 0) is 29.8 Å². The summed E-state index contributed by atoms with van der Waals surface area (Å²) in [6.07, 6.45) is 0. The smallest absolute Gasteiger partial charge is 0.308 e. The number of aromatic nitrogens is 1. The van der Waals surface area contributed by atoms with Crippen LogP contribution < -0.4 is 9.77 Å². The average molecular weight is 646 g/mol. The van der Waals surface area contributed by atoms with Crippen LogP contribution in [0.2, 0.25) is 0 Å². The first-order valence-corrected chi connectivity index (χ1v) is 14.9. The van der Waals surface area contributed by atoms with Crippen LogP contribution in [0.1, 0.15) is 16.4 Å². The second kappa shape index (κ2) is 10.6. The molecule has 40 heavy (non-hydrogen) atoms. The number of thioether (sulfide) groups is 1. The van der Waals surface area contributed by atoms with Crippen molar-refractivity contribution in [3.05, 3.63) is 83.2 Å². The maximum absolute atomic E-state index is 13.9. The van der Waals surface area contributed by atoms with Gasteiger partial charge in [0.25, 0.3) is 5.69 Å². The van der Waals surface area contributed by atoms with Crippen molar-refractivity contribution in [1.29, 1.82) is 0 Å². The predicted octanol–water partition coefficient (Wildman–Crippen LogP) is 3.24. The summed E-state index contributed by atoms with van der Waals surface area (Å²) in [7, 11) is 0. The maximum Gasteiger partial charge on any atom is 0.308 e. The molecule has 2 saturated heterocycles. The van der Waals surface area contributed by atoms with Gasteiger partial charge in [0.2, 0.25) is 17.7 Å². The van der Waals surface area contributed by atoms with Gasteiger partial charge in [0.1, 0.15) is 11.8 Å². The summed E-state index contributed by atoms with van der Waals surface area (Å²) >= 11 is 5.60. The van der Waals surface area contributed by atoms with E-state index >= 15 is 0 Å². The summed E-state index contributed by atoms with van der Waals surface area (Å²) in [5, 5.41) is 10.8. The molecule has 2 fully saturated rings. The van der Waals surface area contributed by atoms with E-state index in [9.17, 15) is 29.3 Å². The molecule has 2 unspecified atom stereocenters. The summed E-state index contributed by atoms with van der Waals surface area (Å²) in [5.41, 5.74) is 0.843. The highest BCUT2D eigenvalue weighted by Gasteiger charge is 2.57. The number of fused-ring (bicyclic) bond motifs is 2. The van der Waals surface area contributed by atoms with E-state index in [1.54, 1.807) is 4.90 Å². The number of hydrogen-bond donors (Lipinski definition) is 0. The molecule has 0 spiro atoms. The van der Waals surface area contributed by atoms with Gasteiger partial charge < -0.3 is 9.64 Å². The Morgan fingerprint density at radius 1 is 1.07 bits per heavy atom. The maximum atomic E-state index is 13.9. The van der Waals surface area contributed by atoms with Crippen LogP contribution in [0.4, 0.5) is 11.4 Å². The molecule has 206 valence electrons. The highest BCUT2D eigenvalue weighted by molar-refractivity contribution is 9.10. The zero-order chi connectivity index (χ0) is 28.1. The first kappa shape index (κ1) is 26.9. The number of thiazole rings is 1. The Bertz CT molecular complexity index is 1600. The van der Waals surface area contributed by atoms with Gasteiger partial charge in [-0.3, -0.25) is 33.9 Å². The number of carbonyl (C=O) groups is 3. The molecule has 0 N–H and O–H groups in total. The third-order valence-corrected chi connectivity index (χ3v) is 10.3. The molecular weight excluding hydrogens is 624 g/mol. The molecule has 0 aliphatic carbocycles. The van der Waals surface area contributed by atoms with Crippen LogP contribution in [0.25, 0.3) is 0 Å². The molecule has 3 aliphatic heterocycles. The van der Waals surface area contributed by atoms with E-state index in [4.69, 9.17) is 4.74 Å². The van der Waals surface area contributed by atoms with Gasteiger partial charge in [-0.2, -0.15) is 0 Å². The van der Waals surface area contributed by atoms with Crippen LogP contribution in [0.3, 0.4) is 0 Å². The predicted molar refractivity (Wildman–Crippen MR) is 151 cm³/mol. The van der Waals surface area contributed by atoms with Gasteiger partial charge >= 0.3 is 4.87 Å². The summed E-state index contributed by atoms with van der Waals surface area (Å²) < 4.78 is 7.52. The van der Waals surface area contributed by atoms with E-state index < -0.39 is 33.8 Å². The van der Waals surface area contributed by atoms with Gasteiger partial charge in [0.15, 0.2) is 0 Å². The van der Waals surface area contributed by atoms with Crippen molar-refractivity contribution >= 4 is 68.1 Å². The molecule has 11 nitrogen and oxygen atoms in total. The third kappa shape index (κ3) is 4.58. The normalized spacial score (nSPS) is 22.3. The van der Waals surface area contributed by atoms with Crippen molar-refractivity contribution in [3.8, 4) is 0 Å². The van der Waals surface area contributed by atoms with Crippen molar-refractivity contribution in [3.63, 3.8) is 0 Å². The highest BCUT2D eigenvalue weighted by atomic mass is 79.9. The van der Waals surface area contributed by atoms with Gasteiger partial charge in [0, 0.05) is 40.5 Å². The van der Waals surface area contributed by atoms with Crippen molar-refractivity contribution < 1.29 is 24.0 Å². The molecule has 4 heterocycles. The minimum absolute atomic E-state index is 0.155. The lowest BCUT2D eigenvalue weighted by molar-refractivity contribution is -0.384.